The summed E-state index contributed by atoms with van der Waals surface area (Å²) in [5.74, 6) is 0. The first kappa shape index (κ1) is 13.7. The maximum atomic E-state index is 12.3. The van der Waals surface area contributed by atoms with Crippen molar-refractivity contribution in [3.05, 3.63) is 41.9 Å². The molecule has 2 rings (SSSR count). The van der Waals surface area contributed by atoms with Gasteiger partial charge in [-0.05, 0) is 11.6 Å². The van der Waals surface area contributed by atoms with Gasteiger partial charge in [-0.1, -0.05) is 6.07 Å². The fourth-order valence-corrected chi connectivity index (χ4v) is 2.87. The normalized spacial score (nSPS) is 11.9. The Balaban J connectivity index is 2.25. The van der Waals surface area contributed by atoms with Crippen molar-refractivity contribution < 1.29 is 13.5 Å². The SMILES string of the molecule is CN(Cc1cccnc1)S(=O)(=O)c1[nH]ncc1CO. The van der Waals surface area contributed by atoms with Crippen molar-refractivity contribution in [2.75, 3.05) is 7.05 Å². The lowest BCUT2D eigenvalue weighted by Crippen LogP contribution is -2.27. The number of nitrogens with one attached hydrogen (secondary N) is 1. The molecule has 8 heteroatoms. The fraction of sp³-hybridized carbons (Fsp3) is 0.273. The van der Waals surface area contributed by atoms with E-state index in [-0.39, 0.29) is 23.7 Å². The van der Waals surface area contributed by atoms with Gasteiger partial charge in [0.2, 0.25) is 0 Å². The van der Waals surface area contributed by atoms with Gasteiger partial charge < -0.3 is 5.11 Å². The molecular weight excluding hydrogens is 268 g/mol. The van der Waals surface area contributed by atoms with E-state index >= 15 is 0 Å². The van der Waals surface area contributed by atoms with E-state index in [1.54, 1.807) is 24.5 Å². The Bertz CT molecular complexity index is 639. The van der Waals surface area contributed by atoms with E-state index in [1.165, 1.54) is 17.5 Å². The highest BCUT2D eigenvalue weighted by atomic mass is 32.2. The molecule has 19 heavy (non-hydrogen) atoms. The molecule has 2 heterocycles. The molecule has 2 aromatic rings. The standard InChI is InChI=1S/C11H14N4O3S/c1-15(7-9-3-2-4-12-5-9)19(17,18)11-10(8-16)6-13-14-11/h2-6,16H,7-8H2,1H3,(H,13,14). The lowest BCUT2D eigenvalue weighted by molar-refractivity contribution is 0.278. The number of nitrogens with zero attached hydrogens (tertiary/aromatic N) is 3. The summed E-state index contributed by atoms with van der Waals surface area (Å²) in [7, 11) is -2.25. The van der Waals surface area contributed by atoms with Crippen LogP contribution in [0.3, 0.4) is 0 Å². The number of aromatic amines is 1. The molecule has 0 radical (unpaired) electrons. The van der Waals surface area contributed by atoms with Crippen molar-refractivity contribution in [1.29, 1.82) is 0 Å². The summed E-state index contributed by atoms with van der Waals surface area (Å²) in [6.07, 6.45) is 4.52. The lowest BCUT2D eigenvalue weighted by Gasteiger charge is -2.16. The summed E-state index contributed by atoms with van der Waals surface area (Å²) in [4.78, 5) is 3.93. The van der Waals surface area contributed by atoms with Gasteiger partial charge in [0.1, 0.15) is 0 Å². The first-order chi connectivity index (χ1) is 9.05. The number of aliphatic hydroxyl groups is 1. The quantitative estimate of drug-likeness (QED) is 0.811. The van der Waals surface area contributed by atoms with Crippen LogP contribution in [0.1, 0.15) is 11.1 Å². The summed E-state index contributed by atoms with van der Waals surface area (Å²) in [5, 5.41) is 15.1. The summed E-state index contributed by atoms with van der Waals surface area (Å²) in [6, 6.07) is 3.53. The van der Waals surface area contributed by atoms with Gasteiger partial charge in [0, 0.05) is 31.5 Å². The zero-order chi connectivity index (χ0) is 13.9. The van der Waals surface area contributed by atoms with Crippen LogP contribution in [-0.4, -0.2) is 40.1 Å². The Labute approximate surface area is 111 Å². The van der Waals surface area contributed by atoms with Gasteiger partial charge in [0.15, 0.2) is 5.03 Å². The Hall–Kier alpha value is -1.77. The number of sulfonamides is 1. The van der Waals surface area contributed by atoms with Crippen molar-refractivity contribution in [3.8, 4) is 0 Å². The third-order valence-electron chi connectivity index (χ3n) is 2.64. The summed E-state index contributed by atoms with van der Waals surface area (Å²) < 4.78 is 25.8. The maximum absolute atomic E-state index is 12.3. The van der Waals surface area contributed by atoms with Crippen molar-refractivity contribution in [2.24, 2.45) is 0 Å². The summed E-state index contributed by atoms with van der Waals surface area (Å²) in [5.41, 5.74) is 1.02. The largest absolute Gasteiger partial charge is 0.392 e. The Kier molecular flexibility index (Phi) is 3.93. The minimum atomic E-state index is -3.71. The number of hydrogen-bond acceptors (Lipinski definition) is 5. The second-order valence-corrected chi connectivity index (χ2v) is 5.99. The first-order valence-corrected chi connectivity index (χ1v) is 6.98. The third-order valence-corrected chi connectivity index (χ3v) is 4.46. The molecule has 0 amide bonds. The summed E-state index contributed by atoms with van der Waals surface area (Å²) in [6.45, 7) is -0.189. The number of aromatic nitrogens is 3. The zero-order valence-corrected chi connectivity index (χ0v) is 11.1. The van der Waals surface area contributed by atoms with Crippen LogP contribution < -0.4 is 0 Å². The molecule has 0 atom stereocenters. The molecule has 0 saturated carbocycles. The molecule has 0 unspecified atom stereocenters. The van der Waals surface area contributed by atoms with Gasteiger partial charge in [0.25, 0.3) is 10.0 Å². The van der Waals surface area contributed by atoms with E-state index in [0.717, 1.165) is 5.56 Å². The predicted octanol–water partition coefficient (Wildman–Crippen LogP) is 0.118. The minimum absolute atomic E-state index is 0.0820. The van der Waals surface area contributed by atoms with Crippen LogP contribution >= 0.6 is 0 Å². The van der Waals surface area contributed by atoms with Crippen molar-refractivity contribution in [1.82, 2.24) is 19.5 Å². The van der Waals surface area contributed by atoms with Gasteiger partial charge >= 0.3 is 0 Å². The van der Waals surface area contributed by atoms with Crippen LogP contribution in [-0.2, 0) is 23.2 Å². The highest BCUT2D eigenvalue weighted by molar-refractivity contribution is 7.89. The zero-order valence-electron chi connectivity index (χ0n) is 10.3. The highest BCUT2D eigenvalue weighted by Gasteiger charge is 2.25. The Morgan fingerprint density at radius 3 is 2.84 bits per heavy atom. The molecule has 0 aromatic carbocycles. The molecule has 0 spiro atoms. The Morgan fingerprint density at radius 2 is 2.21 bits per heavy atom. The smallest absolute Gasteiger partial charge is 0.260 e. The van der Waals surface area contributed by atoms with Crippen LogP contribution in [0.25, 0.3) is 0 Å². The predicted molar refractivity (Wildman–Crippen MR) is 67.4 cm³/mol. The molecule has 0 aliphatic rings. The van der Waals surface area contributed by atoms with E-state index in [1.807, 2.05) is 0 Å². The topological polar surface area (TPSA) is 99.2 Å². The average molecular weight is 282 g/mol. The van der Waals surface area contributed by atoms with Gasteiger partial charge in [-0.2, -0.15) is 9.40 Å². The molecule has 2 aromatic heterocycles. The second-order valence-electron chi connectivity index (χ2n) is 4.00. The fourth-order valence-electron chi connectivity index (χ4n) is 1.62. The van der Waals surface area contributed by atoms with Gasteiger partial charge in [-0.3, -0.25) is 10.1 Å². The molecule has 0 fully saturated rings. The van der Waals surface area contributed by atoms with Crippen LogP contribution in [0.2, 0.25) is 0 Å². The summed E-state index contributed by atoms with van der Waals surface area (Å²) >= 11 is 0. The average Bonchev–Trinajstić information content (AvgIpc) is 2.88. The number of rotatable bonds is 5. The number of pyridine rings is 1. The second kappa shape index (κ2) is 5.47. The lowest BCUT2D eigenvalue weighted by atomic mass is 10.3. The van der Waals surface area contributed by atoms with Crippen LogP contribution in [0.5, 0.6) is 0 Å². The molecule has 0 bridgehead atoms. The van der Waals surface area contributed by atoms with Crippen molar-refractivity contribution in [3.63, 3.8) is 0 Å². The van der Waals surface area contributed by atoms with E-state index in [4.69, 9.17) is 5.11 Å². The van der Waals surface area contributed by atoms with Crippen LogP contribution in [0, 0.1) is 0 Å². The molecule has 7 nitrogen and oxygen atoms in total. The van der Waals surface area contributed by atoms with Crippen molar-refractivity contribution in [2.45, 2.75) is 18.2 Å². The first-order valence-electron chi connectivity index (χ1n) is 5.54. The Morgan fingerprint density at radius 1 is 1.42 bits per heavy atom. The van der Waals surface area contributed by atoms with Gasteiger partial charge in [0.05, 0.1) is 12.8 Å². The highest BCUT2D eigenvalue weighted by Crippen LogP contribution is 2.18. The molecule has 2 N–H and O–H groups in total. The number of hydrogen-bond donors (Lipinski definition) is 2. The monoisotopic (exact) mass is 282 g/mol. The molecular formula is C11H14N4O3S. The van der Waals surface area contributed by atoms with E-state index in [0.29, 0.717) is 0 Å². The van der Waals surface area contributed by atoms with Crippen LogP contribution in [0.4, 0.5) is 0 Å². The van der Waals surface area contributed by atoms with E-state index in [2.05, 4.69) is 15.2 Å². The van der Waals surface area contributed by atoms with Gasteiger partial charge in [-0.15, -0.1) is 0 Å². The maximum Gasteiger partial charge on any atom is 0.260 e. The van der Waals surface area contributed by atoms with Crippen molar-refractivity contribution >= 4 is 10.0 Å². The minimum Gasteiger partial charge on any atom is -0.392 e. The molecule has 0 aliphatic carbocycles. The number of H-pyrrole nitrogens is 1. The number of aliphatic hydroxyl groups excluding tert-OH is 1. The van der Waals surface area contributed by atoms with Gasteiger partial charge in [-0.25, -0.2) is 8.42 Å². The third kappa shape index (κ3) is 2.80. The van der Waals surface area contributed by atoms with Crippen LogP contribution in [0.15, 0.2) is 35.7 Å². The van der Waals surface area contributed by atoms with E-state index in [9.17, 15) is 8.42 Å². The molecule has 0 saturated heterocycles. The molecule has 102 valence electrons. The van der Waals surface area contributed by atoms with E-state index < -0.39 is 10.0 Å². The molecule has 0 aliphatic heterocycles.